The molecule has 7 heteroatoms. The molecule has 0 aliphatic carbocycles. The molecular weight excluding hydrogens is 256 g/mol. The molecule has 1 fully saturated rings. The smallest absolute Gasteiger partial charge is 0.306 e. The fourth-order valence-corrected chi connectivity index (χ4v) is 1.83. The summed E-state index contributed by atoms with van der Waals surface area (Å²) in [6.45, 7) is 2.87. The Morgan fingerprint density at radius 3 is 2.63 bits per heavy atom. The van der Waals surface area contributed by atoms with E-state index >= 15 is 0 Å². The van der Waals surface area contributed by atoms with Crippen molar-refractivity contribution in [3.8, 4) is 0 Å². The number of rotatable bonds is 5. The molecule has 1 aliphatic heterocycles. The number of hydrogen-bond donors (Lipinski definition) is 2. The van der Waals surface area contributed by atoms with E-state index in [0.29, 0.717) is 6.42 Å². The average Bonchev–Trinajstić information content (AvgIpc) is 2.30. The molecule has 0 saturated carbocycles. The molecule has 1 rings (SSSR count). The standard InChI is InChI=1S/C12H20O7/c1-3-4-10(15)19-12-8(14)5-11(16)18-9(12)6-17-7(2)13/h8-9,11-12,14,16H,3-6H2,1-2H3. The van der Waals surface area contributed by atoms with Gasteiger partial charge < -0.3 is 24.4 Å². The van der Waals surface area contributed by atoms with Crippen molar-refractivity contribution in [3.63, 3.8) is 0 Å². The largest absolute Gasteiger partial charge is 0.463 e. The molecular formula is C12H20O7. The van der Waals surface area contributed by atoms with Gasteiger partial charge in [0.05, 0.1) is 6.10 Å². The van der Waals surface area contributed by atoms with Crippen LogP contribution in [0.15, 0.2) is 0 Å². The Morgan fingerprint density at radius 1 is 1.37 bits per heavy atom. The van der Waals surface area contributed by atoms with Gasteiger partial charge in [0.2, 0.25) is 0 Å². The van der Waals surface area contributed by atoms with Crippen molar-refractivity contribution in [1.29, 1.82) is 0 Å². The highest BCUT2D eigenvalue weighted by Gasteiger charge is 2.40. The van der Waals surface area contributed by atoms with Crippen molar-refractivity contribution in [3.05, 3.63) is 0 Å². The van der Waals surface area contributed by atoms with E-state index in [0.717, 1.165) is 0 Å². The van der Waals surface area contributed by atoms with E-state index in [2.05, 4.69) is 0 Å². The number of ether oxygens (including phenoxy) is 3. The third-order valence-electron chi connectivity index (χ3n) is 2.69. The third-order valence-corrected chi connectivity index (χ3v) is 2.69. The number of carbonyl (C=O) groups is 2. The van der Waals surface area contributed by atoms with Crippen LogP contribution in [0.3, 0.4) is 0 Å². The van der Waals surface area contributed by atoms with Crippen LogP contribution >= 0.6 is 0 Å². The zero-order valence-electron chi connectivity index (χ0n) is 11.1. The summed E-state index contributed by atoms with van der Waals surface area (Å²) in [7, 11) is 0. The molecule has 4 atom stereocenters. The van der Waals surface area contributed by atoms with Gasteiger partial charge in [0.15, 0.2) is 12.4 Å². The molecule has 0 aromatic rings. The molecule has 0 aromatic heterocycles. The van der Waals surface area contributed by atoms with E-state index < -0.39 is 36.5 Å². The first kappa shape index (κ1) is 15.9. The topological polar surface area (TPSA) is 102 Å². The van der Waals surface area contributed by atoms with Gasteiger partial charge in [0.25, 0.3) is 0 Å². The van der Waals surface area contributed by atoms with Crippen LogP contribution in [0.1, 0.15) is 33.1 Å². The summed E-state index contributed by atoms with van der Waals surface area (Å²) in [5, 5.41) is 19.2. The monoisotopic (exact) mass is 276 g/mol. The maximum atomic E-state index is 11.5. The molecule has 19 heavy (non-hydrogen) atoms. The van der Waals surface area contributed by atoms with Crippen molar-refractivity contribution >= 4 is 11.9 Å². The molecule has 2 N–H and O–H groups in total. The lowest BCUT2D eigenvalue weighted by molar-refractivity contribution is -0.249. The highest BCUT2D eigenvalue weighted by Crippen LogP contribution is 2.22. The van der Waals surface area contributed by atoms with Gasteiger partial charge in [0.1, 0.15) is 12.7 Å². The Hall–Kier alpha value is -1.18. The first-order valence-electron chi connectivity index (χ1n) is 6.28. The molecule has 0 aromatic carbocycles. The second-order valence-electron chi connectivity index (χ2n) is 4.44. The molecule has 1 saturated heterocycles. The normalized spacial score (nSPS) is 30.7. The van der Waals surface area contributed by atoms with Crippen LogP contribution in [0, 0.1) is 0 Å². The summed E-state index contributed by atoms with van der Waals surface area (Å²) in [4.78, 5) is 22.2. The Labute approximate surface area is 111 Å². The molecule has 4 unspecified atom stereocenters. The van der Waals surface area contributed by atoms with E-state index in [1.807, 2.05) is 6.92 Å². The Balaban J connectivity index is 2.63. The number of hydrogen-bond acceptors (Lipinski definition) is 7. The van der Waals surface area contributed by atoms with Crippen molar-refractivity contribution in [2.45, 2.75) is 57.7 Å². The Morgan fingerprint density at radius 2 is 2.05 bits per heavy atom. The summed E-state index contributed by atoms with van der Waals surface area (Å²) in [5.41, 5.74) is 0. The molecule has 0 spiro atoms. The van der Waals surface area contributed by atoms with E-state index in [1.54, 1.807) is 0 Å². The van der Waals surface area contributed by atoms with Crippen LogP contribution in [0.2, 0.25) is 0 Å². The Bertz CT molecular complexity index is 317. The van der Waals surface area contributed by atoms with Gasteiger partial charge in [-0.3, -0.25) is 9.59 Å². The zero-order chi connectivity index (χ0) is 14.4. The van der Waals surface area contributed by atoms with Crippen molar-refractivity contribution in [2.75, 3.05) is 6.61 Å². The second kappa shape index (κ2) is 7.42. The first-order chi connectivity index (χ1) is 8.93. The van der Waals surface area contributed by atoms with Crippen LogP contribution in [-0.2, 0) is 23.8 Å². The minimum absolute atomic E-state index is 0.0549. The molecule has 0 radical (unpaired) electrons. The second-order valence-corrected chi connectivity index (χ2v) is 4.44. The quantitative estimate of drug-likeness (QED) is 0.666. The fraction of sp³-hybridized carbons (Fsp3) is 0.833. The predicted molar refractivity (Wildman–Crippen MR) is 62.9 cm³/mol. The van der Waals surface area contributed by atoms with Crippen molar-refractivity contribution < 1.29 is 34.0 Å². The number of carbonyl (C=O) groups excluding carboxylic acids is 2. The van der Waals surface area contributed by atoms with E-state index in [4.69, 9.17) is 14.2 Å². The first-order valence-corrected chi connectivity index (χ1v) is 6.28. The van der Waals surface area contributed by atoms with E-state index in [9.17, 15) is 19.8 Å². The molecule has 1 heterocycles. The van der Waals surface area contributed by atoms with E-state index in [1.165, 1.54) is 6.92 Å². The molecule has 110 valence electrons. The van der Waals surface area contributed by atoms with Gasteiger partial charge in [0, 0.05) is 19.8 Å². The summed E-state index contributed by atoms with van der Waals surface area (Å²) in [6.07, 6.45) is -3.24. The molecule has 7 nitrogen and oxygen atoms in total. The number of aliphatic hydroxyl groups excluding tert-OH is 2. The molecule has 0 amide bonds. The van der Waals surface area contributed by atoms with Crippen LogP contribution in [-0.4, -0.2) is 53.4 Å². The SMILES string of the molecule is CCCC(=O)OC1C(O)CC(O)OC1COC(C)=O. The maximum Gasteiger partial charge on any atom is 0.306 e. The van der Waals surface area contributed by atoms with Gasteiger partial charge >= 0.3 is 11.9 Å². The molecule has 0 bridgehead atoms. The van der Waals surface area contributed by atoms with Gasteiger partial charge in [-0.05, 0) is 6.42 Å². The van der Waals surface area contributed by atoms with Gasteiger partial charge in [-0.25, -0.2) is 0 Å². The van der Waals surface area contributed by atoms with Crippen LogP contribution in [0.25, 0.3) is 0 Å². The van der Waals surface area contributed by atoms with Gasteiger partial charge in [-0.15, -0.1) is 0 Å². The van der Waals surface area contributed by atoms with Crippen molar-refractivity contribution in [1.82, 2.24) is 0 Å². The van der Waals surface area contributed by atoms with Crippen LogP contribution in [0.5, 0.6) is 0 Å². The van der Waals surface area contributed by atoms with E-state index in [-0.39, 0.29) is 19.4 Å². The van der Waals surface area contributed by atoms with Gasteiger partial charge in [-0.2, -0.15) is 0 Å². The summed E-state index contributed by atoms with van der Waals surface area (Å²) in [6, 6.07) is 0. The predicted octanol–water partition coefficient (Wildman–Crippen LogP) is -0.270. The van der Waals surface area contributed by atoms with Crippen LogP contribution < -0.4 is 0 Å². The lowest BCUT2D eigenvalue weighted by Crippen LogP contribution is -2.52. The maximum absolute atomic E-state index is 11.5. The summed E-state index contributed by atoms with van der Waals surface area (Å²) in [5.74, 6) is -0.976. The summed E-state index contributed by atoms with van der Waals surface area (Å²) >= 11 is 0. The highest BCUT2D eigenvalue weighted by atomic mass is 16.7. The fourth-order valence-electron chi connectivity index (χ4n) is 1.83. The van der Waals surface area contributed by atoms with Crippen LogP contribution in [0.4, 0.5) is 0 Å². The lowest BCUT2D eigenvalue weighted by Gasteiger charge is -2.36. The van der Waals surface area contributed by atoms with Gasteiger partial charge in [-0.1, -0.05) is 6.92 Å². The van der Waals surface area contributed by atoms with Crippen molar-refractivity contribution in [2.24, 2.45) is 0 Å². The number of aliphatic hydroxyl groups is 2. The minimum atomic E-state index is -1.17. The molecule has 1 aliphatic rings. The minimum Gasteiger partial charge on any atom is -0.463 e. The Kier molecular flexibility index (Phi) is 6.20. The average molecular weight is 276 g/mol. The third kappa shape index (κ3) is 5.14. The summed E-state index contributed by atoms with van der Waals surface area (Å²) < 4.78 is 15.0. The lowest BCUT2D eigenvalue weighted by atomic mass is 10.0. The number of esters is 2. The highest BCUT2D eigenvalue weighted by molar-refractivity contribution is 5.69. The zero-order valence-corrected chi connectivity index (χ0v) is 11.1.